The maximum Gasteiger partial charge on any atom is 0.216 e. The number of anilines is 2. The smallest absolute Gasteiger partial charge is 0.216 e. The van der Waals surface area contributed by atoms with E-state index in [1.54, 1.807) is 0 Å². The first kappa shape index (κ1) is 11.3. The maximum atomic E-state index is 12.8. The Bertz CT molecular complexity index is 355. The standard InChI is InChI=1S/C10H14FN3O/c1-7(15)13-4-5-14-10-6-8(11)2-3-9(10)12/h2-3,6,14H,4-5,12H2,1H3,(H,13,15). The second kappa shape index (κ2) is 5.19. The molecule has 15 heavy (non-hydrogen) atoms. The summed E-state index contributed by atoms with van der Waals surface area (Å²) in [5, 5.41) is 5.54. The van der Waals surface area contributed by atoms with Crippen molar-refractivity contribution in [3.05, 3.63) is 24.0 Å². The van der Waals surface area contributed by atoms with E-state index in [1.807, 2.05) is 0 Å². The number of hydrogen-bond donors (Lipinski definition) is 3. The minimum atomic E-state index is -0.341. The van der Waals surface area contributed by atoms with Crippen LogP contribution in [-0.2, 0) is 4.79 Å². The number of nitrogens with one attached hydrogen (secondary N) is 2. The van der Waals surface area contributed by atoms with Crippen molar-refractivity contribution in [2.24, 2.45) is 0 Å². The fraction of sp³-hybridized carbons (Fsp3) is 0.300. The molecule has 1 aromatic rings. The zero-order chi connectivity index (χ0) is 11.3. The van der Waals surface area contributed by atoms with E-state index >= 15 is 0 Å². The van der Waals surface area contributed by atoms with Crippen LogP contribution < -0.4 is 16.4 Å². The van der Waals surface area contributed by atoms with Crippen molar-refractivity contribution in [2.45, 2.75) is 6.92 Å². The first-order chi connectivity index (χ1) is 7.09. The van der Waals surface area contributed by atoms with Crippen molar-refractivity contribution < 1.29 is 9.18 Å². The van der Waals surface area contributed by atoms with Crippen LogP contribution in [-0.4, -0.2) is 19.0 Å². The lowest BCUT2D eigenvalue weighted by Crippen LogP contribution is -2.26. The molecule has 0 fully saturated rings. The SMILES string of the molecule is CC(=O)NCCNc1cc(F)ccc1N. The number of nitrogen functional groups attached to an aromatic ring is 1. The van der Waals surface area contributed by atoms with Crippen molar-refractivity contribution in [3.8, 4) is 0 Å². The van der Waals surface area contributed by atoms with Gasteiger partial charge < -0.3 is 16.4 Å². The summed E-state index contributed by atoms with van der Waals surface area (Å²) in [7, 11) is 0. The van der Waals surface area contributed by atoms with Gasteiger partial charge in [-0.2, -0.15) is 0 Å². The topological polar surface area (TPSA) is 67.2 Å². The molecule has 0 atom stereocenters. The average Bonchev–Trinajstić information content (AvgIpc) is 2.17. The summed E-state index contributed by atoms with van der Waals surface area (Å²) in [6.45, 7) is 2.43. The van der Waals surface area contributed by atoms with E-state index in [1.165, 1.54) is 25.1 Å². The molecule has 4 nitrogen and oxygen atoms in total. The minimum Gasteiger partial charge on any atom is -0.397 e. The highest BCUT2D eigenvalue weighted by molar-refractivity contribution is 5.72. The Balaban J connectivity index is 2.43. The molecule has 0 saturated carbocycles. The Morgan fingerprint density at radius 2 is 2.20 bits per heavy atom. The van der Waals surface area contributed by atoms with Gasteiger partial charge in [0.05, 0.1) is 11.4 Å². The van der Waals surface area contributed by atoms with Gasteiger partial charge in [-0.1, -0.05) is 0 Å². The van der Waals surface area contributed by atoms with E-state index in [-0.39, 0.29) is 11.7 Å². The molecule has 0 aliphatic heterocycles. The van der Waals surface area contributed by atoms with E-state index in [0.717, 1.165) is 0 Å². The number of nitrogens with two attached hydrogens (primary N) is 1. The monoisotopic (exact) mass is 211 g/mol. The molecule has 1 amide bonds. The van der Waals surface area contributed by atoms with E-state index in [2.05, 4.69) is 10.6 Å². The van der Waals surface area contributed by atoms with Crippen LogP contribution in [0.4, 0.5) is 15.8 Å². The molecule has 0 aromatic heterocycles. The molecule has 0 aliphatic rings. The van der Waals surface area contributed by atoms with E-state index in [0.29, 0.717) is 24.5 Å². The molecule has 0 aliphatic carbocycles. The highest BCUT2D eigenvalue weighted by Crippen LogP contribution is 2.18. The lowest BCUT2D eigenvalue weighted by molar-refractivity contribution is -0.118. The number of benzene rings is 1. The first-order valence-corrected chi connectivity index (χ1v) is 4.63. The van der Waals surface area contributed by atoms with Crippen LogP contribution in [0, 0.1) is 5.82 Å². The Labute approximate surface area is 87.7 Å². The summed E-state index contributed by atoms with van der Waals surface area (Å²) in [6.07, 6.45) is 0. The molecular formula is C10H14FN3O. The molecule has 5 heteroatoms. The molecule has 0 spiro atoms. The largest absolute Gasteiger partial charge is 0.397 e. The first-order valence-electron chi connectivity index (χ1n) is 4.63. The highest BCUT2D eigenvalue weighted by atomic mass is 19.1. The molecule has 0 radical (unpaired) electrons. The summed E-state index contributed by atoms with van der Waals surface area (Å²) < 4.78 is 12.8. The third-order valence-corrected chi connectivity index (χ3v) is 1.83. The van der Waals surface area contributed by atoms with Gasteiger partial charge in [0.15, 0.2) is 0 Å². The molecule has 1 aromatic carbocycles. The zero-order valence-electron chi connectivity index (χ0n) is 8.51. The van der Waals surface area contributed by atoms with Gasteiger partial charge in [-0.15, -0.1) is 0 Å². The second-order valence-corrected chi connectivity index (χ2v) is 3.14. The van der Waals surface area contributed by atoms with Crippen molar-refractivity contribution in [2.75, 3.05) is 24.1 Å². The van der Waals surface area contributed by atoms with Crippen LogP contribution in [0.1, 0.15) is 6.92 Å². The van der Waals surface area contributed by atoms with Crippen LogP contribution in [0.5, 0.6) is 0 Å². The number of rotatable bonds is 4. The van der Waals surface area contributed by atoms with Gasteiger partial charge in [-0.25, -0.2) is 4.39 Å². The van der Waals surface area contributed by atoms with Crippen molar-refractivity contribution in [3.63, 3.8) is 0 Å². The van der Waals surface area contributed by atoms with Gasteiger partial charge in [0, 0.05) is 20.0 Å². The van der Waals surface area contributed by atoms with Gasteiger partial charge in [0.1, 0.15) is 5.82 Å². The second-order valence-electron chi connectivity index (χ2n) is 3.14. The number of carbonyl (C=O) groups is 1. The van der Waals surface area contributed by atoms with E-state index in [9.17, 15) is 9.18 Å². The predicted octanol–water partition coefficient (Wildman–Crippen LogP) is 0.956. The third-order valence-electron chi connectivity index (χ3n) is 1.83. The lowest BCUT2D eigenvalue weighted by atomic mass is 10.2. The van der Waals surface area contributed by atoms with E-state index in [4.69, 9.17) is 5.73 Å². The van der Waals surface area contributed by atoms with Crippen LogP contribution in [0.3, 0.4) is 0 Å². The van der Waals surface area contributed by atoms with Gasteiger partial charge in [0.25, 0.3) is 0 Å². The van der Waals surface area contributed by atoms with Crippen molar-refractivity contribution in [1.29, 1.82) is 0 Å². The average molecular weight is 211 g/mol. The number of carbonyl (C=O) groups excluding carboxylic acids is 1. The molecule has 4 N–H and O–H groups in total. The summed E-state index contributed by atoms with van der Waals surface area (Å²) in [5.74, 6) is -0.435. The third kappa shape index (κ3) is 3.84. The molecule has 82 valence electrons. The number of halogens is 1. The minimum absolute atomic E-state index is 0.0935. The summed E-state index contributed by atoms with van der Waals surface area (Å²) in [4.78, 5) is 10.6. The van der Waals surface area contributed by atoms with Crippen molar-refractivity contribution >= 4 is 17.3 Å². The fourth-order valence-electron chi connectivity index (χ4n) is 1.12. The molecule has 0 unspecified atom stereocenters. The van der Waals surface area contributed by atoms with Gasteiger partial charge >= 0.3 is 0 Å². The van der Waals surface area contributed by atoms with Crippen LogP contribution in [0.2, 0.25) is 0 Å². The Kier molecular flexibility index (Phi) is 3.91. The van der Waals surface area contributed by atoms with E-state index < -0.39 is 0 Å². The molecule has 0 bridgehead atoms. The summed E-state index contributed by atoms with van der Waals surface area (Å²) >= 11 is 0. The highest BCUT2D eigenvalue weighted by Gasteiger charge is 1.99. The summed E-state index contributed by atoms with van der Waals surface area (Å²) in [5.41, 5.74) is 6.64. The van der Waals surface area contributed by atoms with Gasteiger partial charge in [-0.05, 0) is 18.2 Å². The lowest BCUT2D eigenvalue weighted by Gasteiger charge is -2.09. The van der Waals surface area contributed by atoms with Crippen LogP contribution in [0.15, 0.2) is 18.2 Å². The number of amides is 1. The maximum absolute atomic E-state index is 12.8. The number of hydrogen-bond acceptors (Lipinski definition) is 3. The Morgan fingerprint density at radius 3 is 2.87 bits per heavy atom. The van der Waals surface area contributed by atoms with Crippen molar-refractivity contribution in [1.82, 2.24) is 5.32 Å². The van der Waals surface area contributed by atoms with Gasteiger partial charge in [-0.3, -0.25) is 4.79 Å². The molecule has 0 saturated heterocycles. The predicted molar refractivity (Wildman–Crippen MR) is 58.0 cm³/mol. The zero-order valence-corrected chi connectivity index (χ0v) is 8.51. The molecular weight excluding hydrogens is 197 g/mol. The molecule has 1 rings (SSSR count). The van der Waals surface area contributed by atoms with Crippen LogP contribution >= 0.6 is 0 Å². The Morgan fingerprint density at radius 1 is 1.47 bits per heavy atom. The summed E-state index contributed by atoms with van der Waals surface area (Å²) in [6, 6.07) is 4.12. The Hall–Kier alpha value is -1.78. The fourth-order valence-corrected chi connectivity index (χ4v) is 1.12. The normalized spacial score (nSPS) is 9.73. The quantitative estimate of drug-likeness (QED) is 0.513. The van der Waals surface area contributed by atoms with Gasteiger partial charge in [0.2, 0.25) is 5.91 Å². The van der Waals surface area contributed by atoms with Crippen LogP contribution in [0.25, 0.3) is 0 Å². The molecule has 0 heterocycles.